The van der Waals surface area contributed by atoms with Crippen LogP contribution in [0.3, 0.4) is 0 Å². The molecule has 1 saturated carbocycles. The third kappa shape index (κ3) is 7.77. The molecule has 0 bridgehead atoms. The first-order valence-electron chi connectivity index (χ1n) is 11.0. The number of amides is 1. The molecule has 2 atom stereocenters. The molecule has 1 saturated heterocycles. The number of ether oxygens (including phenoxy) is 1. The van der Waals surface area contributed by atoms with Crippen molar-refractivity contribution < 1.29 is 9.53 Å². The Morgan fingerprint density at radius 1 is 1.24 bits per heavy atom. The third-order valence-electron chi connectivity index (χ3n) is 6.25. The van der Waals surface area contributed by atoms with E-state index < -0.39 is 0 Å². The summed E-state index contributed by atoms with van der Waals surface area (Å²) in [7, 11) is 4.39. The Kier molecular flexibility index (Phi) is 11.6. The number of nitrogens with one attached hydrogen (secondary N) is 2. The molecule has 7 nitrogen and oxygen atoms in total. The highest BCUT2D eigenvalue weighted by molar-refractivity contribution is 14.0. The molecule has 1 aliphatic heterocycles. The van der Waals surface area contributed by atoms with Gasteiger partial charge in [-0.05, 0) is 59.5 Å². The van der Waals surface area contributed by atoms with Crippen molar-refractivity contribution in [2.75, 3.05) is 46.9 Å². The minimum absolute atomic E-state index is 0. The number of nitrogens with zero attached hydrogens (tertiary/aromatic N) is 3. The zero-order chi connectivity index (χ0) is 20.6. The molecule has 170 valence electrons. The van der Waals surface area contributed by atoms with E-state index in [4.69, 9.17) is 9.73 Å². The van der Waals surface area contributed by atoms with Crippen LogP contribution in [0.4, 0.5) is 4.79 Å². The zero-order valence-electron chi connectivity index (χ0n) is 19.0. The van der Waals surface area contributed by atoms with Gasteiger partial charge in [0.1, 0.15) is 0 Å². The van der Waals surface area contributed by atoms with E-state index in [0.717, 1.165) is 50.9 Å². The van der Waals surface area contributed by atoms with E-state index in [0.29, 0.717) is 12.6 Å². The van der Waals surface area contributed by atoms with Gasteiger partial charge in [-0.25, -0.2) is 4.79 Å². The van der Waals surface area contributed by atoms with Crippen LogP contribution in [-0.2, 0) is 4.74 Å². The van der Waals surface area contributed by atoms with Crippen molar-refractivity contribution in [3.05, 3.63) is 0 Å². The van der Waals surface area contributed by atoms with Crippen molar-refractivity contribution in [3.63, 3.8) is 0 Å². The fourth-order valence-electron chi connectivity index (χ4n) is 4.48. The number of guanidine groups is 1. The van der Waals surface area contributed by atoms with Gasteiger partial charge in [-0.1, -0.05) is 19.8 Å². The van der Waals surface area contributed by atoms with E-state index in [9.17, 15) is 4.79 Å². The summed E-state index contributed by atoms with van der Waals surface area (Å²) in [6.45, 7) is 9.87. The van der Waals surface area contributed by atoms with Crippen LogP contribution in [0.15, 0.2) is 4.99 Å². The summed E-state index contributed by atoms with van der Waals surface area (Å²) in [5.74, 6) is 1.66. The minimum atomic E-state index is -0.194. The average molecular weight is 524 g/mol. The molecule has 2 rings (SSSR count). The van der Waals surface area contributed by atoms with E-state index in [2.05, 4.69) is 43.5 Å². The fourth-order valence-corrected chi connectivity index (χ4v) is 4.48. The largest absolute Gasteiger partial charge is 0.450 e. The van der Waals surface area contributed by atoms with E-state index in [-0.39, 0.29) is 35.6 Å². The third-order valence-corrected chi connectivity index (χ3v) is 6.25. The Labute approximate surface area is 194 Å². The molecule has 0 radical (unpaired) electrons. The second kappa shape index (κ2) is 12.8. The van der Waals surface area contributed by atoms with Crippen LogP contribution in [0.5, 0.6) is 0 Å². The predicted molar refractivity (Wildman–Crippen MR) is 130 cm³/mol. The molecule has 29 heavy (non-hydrogen) atoms. The fraction of sp³-hybridized carbons (Fsp3) is 0.905. The Hall–Kier alpha value is -0.770. The molecular weight excluding hydrogens is 481 g/mol. The van der Waals surface area contributed by atoms with Crippen LogP contribution in [0, 0.1) is 5.92 Å². The average Bonchev–Trinajstić information content (AvgIpc) is 2.67. The van der Waals surface area contributed by atoms with Crippen molar-refractivity contribution in [2.24, 2.45) is 10.9 Å². The van der Waals surface area contributed by atoms with Crippen LogP contribution in [0.1, 0.15) is 59.3 Å². The molecule has 0 spiro atoms. The molecule has 0 aromatic carbocycles. The second-order valence-electron chi connectivity index (χ2n) is 8.62. The maximum Gasteiger partial charge on any atom is 0.409 e. The van der Waals surface area contributed by atoms with Gasteiger partial charge in [0.2, 0.25) is 0 Å². The van der Waals surface area contributed by atoms with Crippen molar-refractivity contribution in [2.45, 2.75) is 70.9 Å². The molecular formula is C21H42IN5O2. The lowest BCUT2D eigenvalue weighted by Crippen LogP contribution is -2.52. The molecule has 0 aromatic heterocycles. The lowest BCUT2D eigenvalue weighted by molar-refractivity contribution is 0.0843. The summed E-state index contributed by atoms with van der Waals surface area (Å²) in [6, 6.07) is 0.337. The van der Waals surface area contributed by atoms with Gasteiger partial charge in [-0.2, -0.15) is 0 Å². The maximum absolute atomic E-state index is 11.9. The van der Waals surface area contributed by atoms with Gasteiger partial charge in [0.15, 0.2) is 5.96 Å². The first-order valence-corrected chi connectivity index (χ1v) is 11.0. The SMILES string of the molecule is CCNC(=NCC1(N(C)C)CCCC(C)C1)NC1CCN(C(=O)OCC)CC1.I. The number of hydrogen-bond donors (Lipinski definition) is 2. The summed E-state index contributed by atoms with van der Waals surface area (Å²) >= 11 is 0. The number of likely N-dealkylation sites (N-methyl/N-ethyl adjacent to an activating group) is 1. The normalized spacial score (nSPS) is 26.1. The Morgan fingerprint density at radius 2 is 1.93 bits per heavy atom. The topological polar surface area (TPSA) is 69.2 Å². The van der Waals surface area contributed by atoms with Crippen LogP contribution < -0.4 is 10.6 Å². The van der Waals surface area contributed by atoms with Gasteiger partial charge < -0.3 is 25.2 Å². The summed E-state index contributed by atoms with van der Waals surface area (Å²) in [6.07, 6.45) is 6.67. The molecule has 0 aromatic rings. The number of piperidine rings is 1. The van der Waals surface area contributed by atoms with Gasteiger partial charge in [0.25, 0.3) is 0 Å². The number of likely N-dealkylation sites (tertiary alicyclic amines) is 1. The summed E-state index contributed by atoms with van der Waals surface area (Å²) in [4.78, 5) is 21.0. The van der Waals surface area contributed by atoms with Gasteiger partial charge >= 0.3 is 6.09 Å². The van der Waals surface area contributed by atoms with E-state index in [1.165, 1.54) is 25.7 Å². The Bertz CT molecular complexity index is 523. The highest BCUT2D eigenvalue weighted by atomic mass is 127. The molecule has 2 fully saturated rings. The summed E-state index contributed by atoms with van der Waals surface area (Å²) in [5, 5.41) is 7.00. The monoisotopic (exact) mass is 523 g/mol. The van der Waals surface area contributed by atoms with Crippen LogP contribution in [0.25, 0.3) is 0 Å². The van der Waals surface area contributed by atoms with E-state index in [1.807, 2.05) is 6.92 Å². The number of carbonyl (C=O) groups is 1. The number of halogens is 1. The first-order chi connectivity index (χ1) is 13.4. The Morgan fingerprint density at radius 3 is 2.48 bits per heavy atom. The molecule has 1 heterocycles. The molecule has 2 N–H and O–H groups in total. The summed E-state index contributed by atoms with van der Waals surface area (Å²) in [5.41, 5.74) is 0.160. The van der Waals surface area contributed by atoms with Crippen LogP contribution in [0.2, 0.25) is 0 Å². The van der Waals surface area contributed by atoms with Crippen molar-refractivity contribution in [3.8, 4) is 0 Å². The van der Waals surface area contributed by atoms with Gasteiger partial charge in [0.05, 0.1) is 13.2 Å². The van der Waals surface area contributed by atoms with Crippen LogP contribution in [-0.4, -0.2) is 80.3 Å². The highest BCUT2D eigenvalue weighted by Crippen LogP contribution is 2.35. The number of rotatable bonds is 6. The lowest BCUT2D eigenvalue weighted by Gasteiger charge is -2.44. The highest BCUT2D eigenvalue weighted by Gasteiger charge is 2.37. The van der Waals surface area contributed by atoms with Gasteiger partial charge in [-0.15, -0.1) is 24.0 Å². The Balaban J connectivity index is 0.00000420. The smallest absolute Gasteiger partial charge is 0.409 e. The molecule has 1 aliphatic carbocycles. The molecule has 8 heteroatoms. The molecule has 2 unspecified atom stereocenters. The standard InChI is InChI=1S/C21H41N5O2.HI/c1-6-22-19(23-16-21(25(4)5)12-8-9-17(3)15-21)24-18-10-13-26(14-11-18)20(27)28-7-2;/h17-18H,6-16H2,1-5H3,(H2,22,23,24);1H. The van der Waals surface area contributed by atoms with E-state index in [1.54, 1.807) is 4.90 Å². The minimum Gasteiger partial charge on any atom is -0.450 e. The molecule has 1 amide bonds. The van der Waals surface area contributed by atoms with Crippen LogP contribution >= 0.6 is 24.0 Å². The molecule has 2 aliphatic rings. The first kappa shape index (κ1) is 26.3. The quantitative estimate of drug-likeness (QED) is 0.318. The van der Waals surface area contributed by atoms with Gasteiger partial charge in [0, 0.05) is 31.2 Å². The van der Waals surface area contributed by atoms with Gasteiger partial charge in [-0.3, -0.25) is 4.99 Å². The van der Waals surface area contributed by atoms with E-state index >= 15 is 0 Å². The van der Waals surface area contributed by atoms with Crippen molar-refractivity contribution in [1.29, 1.82) is 0 Å². The zero-order valence-corrected chi connectivity index (χ0v) is 21.3. The number of hydrogen-bond acceptors (Lipinski definition) is 4. The summed E-state index contributed by atoms with van der Waals surface area (Å²) < 4.78 is 5.11. The maximum atomic E-state index is 11.9. The number of aliphatic imine (C=N–C) groups is 1. The predicted octanol–water partition coefficient (Wildman–Crippen LogP) is 3.29. The van der Waals surface area contributed by atoms with Crippen molar-refractivity contribution >= 4 is 36.0 Å². The second-order valence-corrected chi connectivity index (χ2v) is 8.62. The number of carbonyl (C=O) groups excluding carboxylic acids is 1. The lowest BCUT2D eigenvalue weighted by atomic mass is 9.75. The van der Waals surface area contributed by atoms with Crippen molar-refractivity contribution in [1.82, 2.24) is 20.4 Å².